The third-order valence-electron chi connectivity index (χ3n) is 7.14. The Bertz CT molecular complexity index is 1120. The predicted octanol–water partition coefficient (Wildman–Crippen LogP) is 3.60. The van der Waals surface area contributed by atoms with Crippen LogP contribution in [-0.4, -0.2) is 74.7 Å². The molecule has 0 spiro atoms. The van der Waals surface area contributed by atoms with Gasteiger partial charge >= 0.3 is 0 Å². The number of ether oxygens (including phenoxy) is 1. The lowest BCUT2D eigenvalue weighted by molar-refractivity contribution is -0.136. The van der Waals surface area contributed by atoms with Gasteiger partial charge in [0, 0.05) is 38.5 Å². The van der Waals surface area contributed by atoms with Crippen LogP contribution in [0.3, 0.4) is 0 Å². The van der Waals surface area contributed by atoms with Gasteiger partial charge < -0.3 is 14.7 Å². The third kappa shape index (κ3) is 7.25. The summed E-state index contributed by atoms with van der Waals surface area (Å²) in [5.41, 5.74) is 4.57. The second kappa shape index (κ2) is 12.9. The average Bonchev–Trinajstić information content (AvgIpc) is 3.36. The van der Waals surface area contributed by atoms with Gasteiger partial charge in [0.1, 0.15) is 0 Å². The van der Waals surface area contributed by atoms with Gasteiger partial charge in [-0.05, 0) is 37.1 Å². The molecule has 1 N–H and O–H groups in total. The van der Waals surface area contributed by atoms with E-state index in [0.29, 0.717) is 39.1 Å². The van der Waals surface area contributed by atoms with Crippen LogP contribution in [0.4, 0.5) is 0 Å². The molecule has 1 aliphatic heterocycles. The molecule has 0 saturated carbocycles. The number of nitrogens with zero attached hydrogens (tertiary/aromatic N) is 5. The Labute approximate surface area is 219 Å². The molecule has 1 amide bonds. The number of hydrogen-bond donors (Lipinski definition) is 1. The van der Waals surface area contributed by atoms with E-state index in [4.69, 9.17) is 4.74 Å². The summed E-state index contributed by atoms with van der Waals surface area (Å²) < 4.78 is 8.28. The van der Waals surface area contributed by atoms with Crippen molar-refractivity contribution in [2.75, 3.05) is 26.7 Å². The van der Waals surface area contributed by atoms with E-state index in [1.54, 1.807) is 6.20 Å². The Kier molecular flexibility index (Phi) is 9.44. The van der Waals surface area contributed by atoms with Gasteiger partial charge in [-0.25, -0.2) is 4.68 Å². The maximum Gasteiger partial charge on any atom is 0.222 e. The number of benzene rings is 2. The van der Waals surface area contributed by atoms with Crippen molar-refractivity contribution in [1.29, 1.82) is 0 Å². The fraction of sp³-hybridized carbons (Fsp3) is 0.483. The first-order valence-corrected chi connectivity index (χ1v) is 13.2. The highest BCUT2D eigenvalue weighted by molar-refractivity contribution is 5.76. The molecule has 0 fully saturated rings. The Morgan fingerprint density at radius 3 is 2.59 bits per heavy atom. The molecule has 0 aliphatic carbocycles. The van der Waals surface area contributed by atoms with Gasteiger partial charge in [-0.3, -0.25) is 9.69 Å². The van der Waals surface area contributed by atoms with E-state index in [9.17, 15) is 9.90 Å². The van der Waals surface area contributed by atoms with Crippen LogP contribution < -0.4 is 0 Å². The summed E-state index contributed by atoms with van der Waals surface area (Å²) in [4.78, 5) is 17.1. The Morgan fingerprint density at radius 2 is 1.86 bits per heavy atom. The molecular weight excluding hydrogens is 466 g/mol. The molecule has 8 nitrogen and oxygen atoms in total. The van der Waals surface area contributed by atoms with Crippen molar-refractivity contribution < 1.29 is 14.6 Å². The topological polar surface area (TPSA) is 83.7 Å². The average molecular weight is 506 g/mol. The van der Waals surface area contributed by atoms with Gasteiger partial charge in [0.05, 0.1) is 37.3 Å². The minimum atomic E-state index is -0.235. The highest BCUT2D eigenvalue weighted by Crippen LogP contribution is 2.21. The zero-order valence-corrected chi connectivity index (χ0v) is 22.2. The summed E-state index contributed by atoms with van der Waals surface area (Å²) >= 11 is 0. The fourth-order valence-corrected chi connectivity index (χ4v) is 4.86. The van der Waals surface area contributed by atoms with Crippen molar-refractivity contribution in [2.45, 2.75) is 58.5 Å². The van der Waals surface area contributed by atoms with Crippen molar-refractivity contribution in [2.24, 2.45) is 5.92 Å². The van der Waals surface area contributed by atoms with Gasteiger partial charge in [-0.1, -0.05) is 66.7 Å². The predicted molar refractivity (Wildman–Crippen MR) is 143 cm³/mol. The largest absolute Gasteiger partial charge is 0.394 e. The van der Waals surface area contributed by atoms with E-state index in [0.717, 1.165) is 12.2 Å². The fourth-order valence-electron chi connectivity index (χ4n) is 4.86. The first kappa shape index (κ1) is 27.0. The summed E-state index contributed by atoms with van der Waals surface area (Å²) in [5, 5.41) is 18.0. The zero-order chi connectivity index (χ0) is 26.2. The quantitative estimate of drug-likeness (QED) is 0.528. The number of amides is 1. The Balaban J connectivity index is 1.46. The number of rotatable bonds is 7. The van der Waals surface area contributed by atoms with Crippen LogP contribution in [-0.2, 0) is 29.2 Å². The highest BCUT2D eigenvalue weighted by Gasteiger charge is 2.28. The van der Waals surface area contributed by atoms with Crippen molar-refractivity contribution in [3.05, 3.63) is 72.1 Å². The molecule has 0 unspecified atom stereocenters. The monoisotopic (exact) mass is 505 g/mol. The van der Waals surface area contributed by atoms with E-state index < -0.39 is 0 Å². The molecule has 198 valence electrons. The van der Waals surface area contributed by atoms with Crippen LogP contribution in [0.25, 0.3) is 11.1 Å². The third-order valence-corrected chi connectivity index (χ3v) is 7.14. The Hall–Kier alpha value is -3.07. The molecule has 8 heteroatoms. The first-order valence-electron chi connectivity index (χ1n) is 13.2. The molecule has 37 heavy (non-hydrogen) atoms. The second-order valence-corrected chi connectivity index (χ2v) is 10.2. The number of fused-ring (bicyclic) bond motifs is 1. The van der Waals surface area contributed by atoms with E-state index in [-0.39, 0.29) is 30.6 Å². The van der Waals surface area contributed by atoms with E-state index >= 15 is 0 Å². The minimum Gasteiger partial charge on any atom is -0.394 e. The maximum absolute atomic E-state index is 13.0. The highest BCUT2D eigenvalue weighted by atomic mass is 16.5. The number of likely N-dealkylation sites (N-methyl/N-ethyl adjacent to an activating group) is 1. The molecule has 1 aliphatic rings. The number of carbonyl (C=O) groups excluding carboxylic acids is 1. The van der Waals surface area contributed by atoms with Crippen LogP contribution in [0, 0.1) is 5.92 Å². The van der Waals surface area contributed by atoms with Crippen LogP contribution in [0.15, 0.2) is 60.8 Å². The van der Waals surface area contributed by atoms with Gasteiger partial charge in [0.2, 0.25) is 5.91 Å². The van der Waals surface area contributed by atoms with Crippen LogP contribution >= 0.6 is 0 Å². The van der Waals surface area contributed by atoms with Crippen LogP contribution in [0.5, 0.6) is 0 Å². The van der Waals surface area contributed by atoms with Crippen molar-refractivity contribution in [3.8, 4) is 11.1 Å². The summed E-state index contributed by atoms with van der Waals surface area (Å²) in [6.07, 6.45) is 2.72. The van der Waals surface area contributed by atoms with Gasteiger partial charge in [-0.15, -0.1) is 5.10 Å². The van der Waals surface area contributed by atoms with E-state index in [1.807, 2.05) is 22.6 Å². The van der Waals surface area contributed by atoms with Gasteiger partial charge in [0.25, 0.3) is 0 Å². The first-order chi connectivity index (χ1) is 17.9. The summed E-state index contributed by atoms with van der Waals surface area (Å²) in [6.45, 7) is 7.04. The molecule has 2 aromatic carbocycles. The molecular formula is C29H39N5O3. The molecule has 2 heterocycles. The van der Waals surface area contributed by atoms with Gasteiger partial charge in [0.15, 0.2) is 0 Å². The molecule has 3 aromatic rings. The zero-order valence-electron chi connectivity index (χ0n) is 22.2. The second-order valence-electron chi connectivity index (χ2n) is 10.2. The molecule has 1 aromatic heterocycles. The Morgan fingerprint density at radius 1 is 1.14 bits per heavy atom. The lowest BCUT2D eigenvalue weighted by Gasteiger charge is -2.35. The van der Waals surface area contributed by atoms with Crippen LogP contribution in [0.1, 0.15) is 37.9 Å². The summed E-state index contributed by atoms with van der Waals surface area (Å²) in [5.74, 6) is 0.130. The molecule has 0 saturated heterocycles. The molecule has 4 rings (SSSR count). The smallest absolute Gasteiger partial charge is 0.222 e. The van der Waals surface area contributed by atoms with Crippen molar-refractivity contribution in [1.82, 2.24) is 24.8 Å². The summed E-state index contributed by atoms with van der Waals surface area (Å²) in [6, 6.07) is 18.8. The van der Waals surface area contributed by atoms with E-state index in [2.05, 4.69) is 77.7 Å². The number of hydrogen-bond acceptors (Lipinski definition) is 6. The molecule has 3 atom stereocenters. The van der Waals surface area contributed by atoms with Gasteiger partial charge in [-0.2, -0.15) is 0 Å². The number of aryl methyl sites for hydroxylation is 1. The number of carbonyl (C=O) groups is 1. The number of aromatic nitrogens is 3. The van der Waals surface area contributed by atoms with Crippen molar-refractivity contribution >= 4 is 5.91 Å². The standard InChI is InChI=1S/C29H39N5O3/c1-22-17-33(23(2)20-35)29(36)10-7-15-34-27(16-30-31-34)21-37-28(22)19-32(3)18-24-11-13-26(14-12-24)25-8-5-4-6-9-25/h4-6,8-9,11-14,16,22-23,28,35H,7,10,15,17-21H2,1-3H3/t22-,23-,28-/m0/s1. The lowest BCUT2D eigenvalue weighted by atomic mass is 10.0. The SMILES string of the molecule is C[C@H]1CN([C@@H](C)CO)C(=O)CCCn2nncc2CO[C@H]1CN(C)Cc1ccc(-c2ccccc2)cc1. The number of aliphatic hydroxyl groups is 1. The van der Waals surface area contributed by atoms with E-state index in [1.165, 1.54) is 16.7 Å². The molecule has 0 bridgehead atoms. The van der Waals surface area contributed by atoms with Crippen molar-refractivity contribution in [3.63, 3.8) is 0 Å². The maximum atomic E-state index is 13.0. The summed E-state index contributed by atoms with van der Waals surface area (Å²) in [7, 11) is 2.10. The minimum absolute atomic E-state index is 0.0567. The normalized spacial score (nSPS) is 20.2. The lowest BCUT2D eigenvalue weighted by Crippen LogP contribution is -2.47. The number of aliphatic hydroxyl groups excluding tert-OH is 1. The molecule has 0 radical (unpaired) electrons. The van der Waals surface area contributed by atoms with Crippen LogP contribution in [0.2, 0.25) is 0 Å².